The zero-order chi connectivity index (χ0) is 15.1. The van der Waals surface area contributed by atoms with Crippen molar-refractivity contribution in [2.24, 2.45) is 0 Å². The molecule has 0 N–H and O–H groups in total. The number of ketones is 1. The topological polar surface area (TPSA) is 23.6 Å². The van der Waals surface area contributed by atoms with Gasteiger partial charge in [0.1, 0.15) is 0 Å². The van der Waals surface area contributed by atoms with E-state index in [9.17, 15) is 4.79 Å². The zero-order valence-electron chi connectivity index (χ0n) is 13.6. The van der Waals surface area contributed by atoms with Crippen LogP contribution in [0.2, 0.25) is 0 Å². The second kappa shape index (κ2) is 8.05. The molecule has 0 amide bonds. The van der Waals surface area contributed by atoms with Gasteiger partial charge in [0.2, 0.25) is 0 Å². The molecule has 112 valence electrons. The number of carbonyl (C=O) groups is 1. The van der Waals surface area contributed by atoms with Crippen LogP contribution in [-0.2, 0) is 0 Å². The minimum absolute atomic E-state index is 0.223. The van der Waals surface area contributed by atoms with Crippen molar-refractivity contribution in [3.05, 3.63) is 29.3 Å². The highest BCUT2D eigenvalue weighted by molar-refractivity contribution is 5.98. The molecule has 1 rings (SSSR count). The number of benzene rings is 1. The summed E-state index contributed by atoms with van der Waals surface area (Å²) >= 11 is 0. The molecule has 0 fully saturated rings. The van der Waals surface area contributed by atoms with Gasteiger partial charge in [-0.2, -0.15) is 0 Å². The molecule has 0 unspecified atom stereocenters. The van der Waals surface area contributed by atoms with Crippen LogP contribution in [0.25, 0.3) is 0 Å². The number of anilines is 1. The Morgan fingerprint density at radius 3 is 2.15 bits per heavy atom. The van der Waals surface area contributed by atoms with Crippen LogP contribution in [0.5, 0.6) is 0 Å². The molecule has 3 nitrogen and oxygen atoms in total. The van der Waals surface area contributed by atoms with Gasteiger partial charge in [0.15, 0.2) is 5.78 Å². The van der Waals surface area contributed by atoms with Crippen molar-refractivity contribution in [1.82, 2.24) is 4.90 Å². The number of carbonyl (C=O) groups excluding carboxylic acids is 1. The fourth-order valence-electron chi connectivity index (χ4n) is 2.53. The maximum absolute atomic E-state index is 12.4. The second-order valence-electron chi connectivity index (χ2n) is 5.60. The molecule has 0 aliphatic rings. The van der Waals surface area contributed by atoms with Gasteiger partial charge in [-0.15, -0.1) is 0 Å². The Morgan fingerprint density at radius 2 is 1.70 bits per heavy atom. The standard InChI is InChI=1S/C17H28N2O/c1-6-10-19(11-7-2)13-17(20)15-8-9-16(18(4)5)14(3)12-15/h8-9,12H,6-7,10-11,13H2,1-5H3. The molecular formula is C17H28N2O. The highest BCUT2D eigenvalue weighted by Gasteiger charge is 2.12. The van der Waals surface area contributed by atoms with Crippen molar-refractivity contribution in [2.75, 3.05) is 38.6 Å². The van der Waals surface area contributed by atoms with Crippen molar-refractivity contribution in [2.45, 2.75) is 33.6 Å². The molecule has 0 saturated heterocycles. The van der Waals surface area contributed by atoms with E-state index in [0.29, 0.717) is 6.54 Å². The van der Waals surface area contributed by atoms with E-state index in [0.717, 1.165) is 37.1 Å². The maximum Gasteiger partial charge on any atom is 0.176 e. The number of hydrogen-bond acceptors (Lipinski definition) is 3. The molecular weight excluding hydrogens is 248 g/mol. The monoisotopic (exact) mass is 276 g/mol. The third-order valence-electron chi connectivity index (χ3n) is 3.45. The Hall–Kier alpha value is -1.35. The van der Waals surface area contributed by atoms with E-state index in [1.807, 2.05) is 32.3 Å². The van der Waals surface area contributed by atoms with Crippen LogP contribution in [0.15, 0.2) is 18.2 Å². The summed E-state index contributed by atoms with van der Waals surface area (Å²) in [5, 5.41) is 0. The number of hydrogen-bond donors (Lipinski definition) is 0. The first-order valence-electron chi connectivity index (χ1n) is 7.53. The van der Waals surface area contributed by atoms with E-state index < -0.39 is 0 Å². The third kappa shape index (κ3) is 4.64. The fraction of sp³-hybridized carbons (Fsp3) is 0.588. The molecule has 0 radical (unpaired) electrons. The van der Waals surface area contributed by atoms with Crippen molar-refractivity contribution in [3.8, 4) is 0 Å². The molecule has 0 aliphatic carbocycles. The van der Waals surface area contributed by atoms with Gasteiger partial charge in [-0.05, 0) is 56.6 Å². The summed E-state index contributed by atoms with van der Waals surface area (Å²) in [6, 6.07) is 5.99. The van der Waals surface area contributed by atoms with E-state index in [2.05, 4.69) is 30.6 Å². The molecule has 0 saturated carbocycles. The lowest BCUT2D eigenvalue weighted by Crippen LogP contribution is -2.31. The van der Waals surface area contributed by atoms with Crippen molar-refractivity contribution in [3.63, 3.8) is 0 Å². The van der Waals surface area contributed by atoms with Crippen LogP contribution >= 0.6 is 0 Å². The molecule has 20 heavy (non-hydrogen) atoms. The van der Waals surface area contributed by atoms with Crippen LogP contribution in [0.4, 0.5) is 5.69 Å². The first-order chi connectivity index (χ1) is 9.49. The number of rotatable bonds is 8. The van der Waals surface area contributed by atoms with Crippen LogP contribution in [0.1, 0.15) is 42.6 Å². The summed E-state index contributed by atoms with van der Waals surface area (Å²) in [5.41, 5.74) is 3.14. The predicted octanol–water partition coefficient (Wildman–Crippen LogP) is 3.37. The number of aryl methyl sites for hydroxylation is 1. The lowest BCUT2D eigenvalue weighted by Gasteiger charge is -2.21. The maximum atomic E-state index is 12.4. The summed E-state index contributed by atoms with van der Waals surface area (Å²) in [7, 11) is 4.04. The Kier molecular flexibility index (Phi) is 6.73. The van der Waals surface area contributed by atoms with E-state index >= 15 is 0 Å². The molecule has 0 aliphatic heterocycles. The van der Waals surface area contributed by atoms with Crippen LogP contribution in [0, 0.1) is 6.92 Å². The fourth-order valence-corrected chi connectivity index (χ4v) is 2.53. The Bertz CT molecular complexity index is 435. The smallest absolute Gasteiger partial charge is 0.176 e. The molecule has 1 aromatic rings. The molecule has 0 heterocycles. The van der Waals surface area contributed by atoms with Crippen molar-refractivity contribution >= 4 is 11.5 Å². The Labute approximate surface area is 123 Å². The van der Waals surface area contributed by atoms with Gasteiger partial charge in [-0.25, -0.2) is 0 Å². The Balaban J connectivity index is 2.78. The van der Waals surface area contributed by atoms with Gasteiger partial charge < -0.3 is 4.90 Å². The molecule has 0 atom stereocenters. The molecule has 0 spiro atoms. The van der Waals surface area contributed by atoms with Crippen LogP contribution < -0.4 is 4.90 Å². The zero-order valence-corrected chi connectivity index (χ0v) is 13.6. The summed E-state index contributed by atoms with van der Waals surface area (Å²) < 4.78 is 0. The molecule has 1 aromatic carbocycles. The van der Waals surface area contributed by atoms with Gasteiger partial charge in [0, 0.05) is 25.3 Å². The SMILES string of the molecule is CCCN(CCC)CC(=O)c1ccc(N(C)C)c(C)c1. The highest BCUT2D eigenvalue weighted by atomic mass is 16.1. The van der Waals surface area contributed by atoms with Gasteiger partial charge in [-0.3, -0.25) is 9.69 Å². The summed E-state index contributed by atoms with van der Waals surface area (Å²) in [4.78, 5) is 16.7. The first kappa shape index (κ1) is 16.7. The van der Waals surface area contributed by atoms with Crippen molar-refractivity contribution < 1.29 is 4.79 Å². The van der Waals surface area contributed by atoms with Crippen molar-refractivity contribution in [1.29, 1.82) is 0 Å². The minimum atomic E-state index is 0.223. The predicted molar refractivity (Wildman–Crippen MR) is 86.9 cm³/mol. The van der Waals surface area contributed by atoms with Gasteiger partial charge >= 0.3 is 0 Å². The molecule has 0 aromatic heterocycles. The Morgan fingerprint density at radius 1 is 1.10 bits per heavy atom. The quantitative estimate of drug-likeness (QED) is 0.680. The summed E-state index contributed by atoms with van der Waals surface area (Å²) in [6.07, 6.45) is 2.18. The molecule has 0 bridgehead atoms. The largest absolute Gasteiger partial charge is 0.377 e. The van der Waals surface area contributed by atoms with Gasteiger partial charge in [-0.1, -0.05) is 13.8 Å². The number of Topliss-reactive ketones (excluding diaryl/α,β-unsaturated/α-hetero) is 1. The normalized spacial score (nSPS) is 10.9. The average molecular weight is 276 g/mol. The summed E-state index contributed by atoms with van der Waals surface area (Å²) in [5.74, 6) is 0.223. The minimum Gasteiger partial charge on any atom is -0.377 e. The third-order valence-corrected chi connectivity index (χ3v) is 3.45. The average Bonchev–Trinajstić information content (AvgIpc) is 2.38. The number of nitrogens with zero attached hydrogens (tertiary/aromatic N) is 2. The second-order valence-corrected chi connectivity index (χ2v) is 5.60. The van der Waals surface area contributed by atoms with Gasteiger partial charge in [0.25, 0.3) is 0 Å². The lowest BCUT2D eigenvalue weighted by molar-refractivity contribution is 0.0930. The van der Waals surface area contributed by atoms with E-state index in [1.54, 1.807) is 0 Å². The summed E-state index contributed by atoms with van der Waals surface area (Å²) in [6.45, 7) is 8.89. The highest BCUT2D eigenvalue weighted by Crippen LogP contribution is 2.19. The van der Waals surface area contributed by atoms with Gasteiger partial charge in [0.05, 0.1) is 6.54 Å². The lowest BCUT2D eigenvalue weighted by atomic mass is 10.1. The molecule has 3 heteroatoms. The van der Waals surface area contributed by atoms with Crippen LogP contribution in [0.3, 0.4) is 0 Å². The van der Waals surface area contributed by atoms with E-state index in [4.69, 9.17) is 0 Å². The van der Waals surface area contributed by atoms with E-state index in [-0.39, 0.29) is 5.78 Å². The van der Waals surface area contributed by atoms with Crippen LogP contribution in [-0.4, -0.2) is 44.4 Å². The first-order valence-corrected chi connectivity index (χ1v) is 7.53. The van der Waals surface area contributed by atoms with E-state index in [1.165, 1.54) is 5.69 Å².